The standard InChI is InChI=1S/C20H24BrClFNO2/c1-5-20(2,3)24-11-15-16(21)8-9-18(25-4)19(15)26-12-13-6-7-14(23)10-17(13)22/h6-10,24H,5,11-12H2,1-4H3. The number of nitrogens with one attached hydrogen (secondary N) is 1. The first-order valence-electron chi connectivity index (χ1n) is 8.44. The molecular formula is C20H24BrClFNO2. The van der Waals surface area contributed by atoms with Crippen LogP contribution in [0, 0.1) is 5.82 Å². The molecule has 0 amide bonds. The molecule has 0 saturated heterocycles. The average molecular weight is 445 g/mol. The third kappa shape index (κ3) is 5.35. The number of hydrogen-bond donors (Lipinski definition) is 1. The van der Waals surface area contributed by atoms with E-state index in [0.29, 0.717) is 28.6 Å². The fourth-order valence-corrected chi connectivity index (χ4v) is 2.98. The molecule has 6 heteroatoms. The van der Waals surface area contributed by atoms with Crippen molar-refractivity contribution in [3.8, 4) is 11.5 Å². The number of ether oxygens (including phenoxy) is 2. The van der Waals surface area contributed by atoms with Gasteiger partial charge < -0.3 is 14.8 Å². The van der Waals surface area contributed by atoms with E-state index in [0.717, 1.165) is 16.5 Å². The van der Waals surface area contributed by atoms with Gasteiger partial charge in [-0.25, -0.2) is 4.39 Å². The Labute approximate surface area is 168 Å². The molecule has 2 rings (SSSR count). The number of halogens is 3. The van der Waals surface area contributed by atoms with Crippen molar-refractivity contribution in [3.63, 3.8) is 0 Å². The summed E-state index contributed by atoms with van der Waals surface area (Å²) in [5, 5.41) is 3.87. The lowest BCUT2D eigenvalue weighted by Gasteiger charge is -2.26. The van der Waals surface area contributed by atoms with Crippen LogP contribution in [-0.4, -0.2) is 12.6 Å². The summed E-state index contributed by atoms with van der Waals surface area (Å²) in [5.74, 6) is 0.907. The van der Waals surface area contributed by atoms with E-state index in [1.54, 1.807) is 13.2 Å². The Bertz CT molecular complexity index is 768. The molecule has 1 N–H and O–H groups in total. The maximum absolute atomic E-state index is 13.2. The number of hydrogen-bond acceptors (Lipinski definition) is 3. The van der Waals surface area contributed by atoms with Gasteiger partial charge in [-0.2, -0.15) is 0 Å². The first-order chi connectivity index (χ1) is 12.3. The van der Waals surface area contributed by atoms with Crippen LogP contribution in [-0.2, 0) is 13.2 Å². The fourth-order valence-electron chi connectivity index (χ4n) is 2.31. The second-order valence-electron chi connectivity index (χ2n) is 6.67. The summed E-state index contributed by atoms with van der Waals surface area (Å²) in [6.45, 7) is 7.28. The molecule has 0 unspecified atom stereocenters. The molecule has 3 nitrogen and oxygen atoms in total. The van der Waals surface area contributed by atoms with Crippen LogP contribution < -0.4 is 14.8 Å². The third-order valence-electron chi connectivity index (χ3n) is 4.40. The Morgan fingerprint density at radius 2 is 1.96 bits per heavy atom. The smallest absolute Gasteiger partial charge is 0.167 e. The topological polar surface area (TPSA) is 30.5 Å². The molecule has 0 spiro atoms. The van der Waals surface area contributed by atoms with E-state index in [-0.39, 0.29) is 18.0 Å². The van der Waals surface area contributed by atoms with Crippen LogP contribution in [0.4, 0.5) is 4.39 Å². The Morgan fingerprint density at radius 1 is 1.23 bits per heavy atom. The maximum Gasteiger partial charge on any atom is 0.167 e. The highest BCUT2D eigenvalue weighted by Gasteiger charge is 2.19. The van der Waals surface area contributed by atoms with E-state index in [4.69, 9.17) is 21.1 Å². The predicted molar refractivity (Wildman–Crippen MR) is 108 cm³/mol. The summed E-state index contributed by atoms with van der Waals surface area (Å²) >= 11 is 9.71. The molecule has 2 aromatic carbocycles. The Morgan fingerprint density at radius 3 is 2.58 bits per heavy atom. The van der Waals surface area contributed by atoms with Crippen LogP contribution in [0.2, 0.25) is 5.02 Å². The summed E-state index contributed by atoms with van der Waals surface area (Å²) in [6, 6.07) is 8.06. The SMILES string of the molecule is CCC(C)(C)NCc1c(Br)ccc(OC)c1OCc1ccc(F)cc1Cl. The molecule has 0 saturated carbocycles. The van der Waals surface area contributed by atoms with Crippen LogP contribution in [0.25, 0.3) is 0 Å². The Balaban J connectivity index is 2.28. The van der Waals surface area contributed by atoms with Gasteiger partial charge in [0.2, 0.25) is 0 Å². The van der Waals surface area contributed by atoms with Crippen molar-refractivity contribution in [2.45, 2.75) is 45.9 Å². The summed E-state index contributed by atoms with van der Waals surface area (Å²) in [7, 11) is 1.61. The summed E-state index contributed by atoms with van der Waals surface area (Å²) in [5.41, 5.74) is 1.67. The first-order valence-corrected chi connectivity index (χ1v) is 9.61. The fraction of sp³-hybridized carbons (Fsp3) is 0.400. The van der Waals surface area contributed by atoms with E-state index in [1.165, 1.54) is 12.1 Å². The molecule has 26 heavy (non-hydrogen) atoms. The summed E-state index contributed by atoms with van der Waals surface area (Å²) in [4.78, 5) is 0. The highest BCUT2D eigenvalue weighted by atomic mass is 79.9. The Hall–Kier alpha value is -1.30. The quantitative estimate of drug-likeness (QED) is 0.533. The number of methoxy groups -OCH3 is 1. The molecule has 142 valence electrons. The van der Waals surface area contributed by atoms with Crippen molar-refractivity contribution in [1.29, 1.82) is 0 Å². The lowest BCUT2D eigenvalue weighted by molar-refractivity contribution is 0.277. The van der Waals surface area contributed by atoms with E-state index < -0.39 is 0 Å². The van der Waals surface area contributed by atoms with Crippen molar-refractivity contribution in [2.24, 2.45) is 0 Å². The van der Waals surface area contributed by atoms with Crippen LogP contribution >= 0.6 is 27.5 Å². The van der Waals surface area contributed by atoms with Crippen LogP contribution in [0.3, 0.4) is 0 Å². The van der Waals surface area contributed by atoms with Gasteiger partial charge in [0.1, 0.15) is 12.4 Å². The van der Waals surface area contributed by atoms with Gasteiger partial charge in [0.05, 0.1) is 12.1 Å². The second kappa shape index (κ2) is 9.07. The third-order valence-corrected chi connectivity index (χ3v) is 5.50. The predicted octanol–water partition coefficient (Wildman–Crippen LogP) is 6.11. The molecule has 0 atom stereocenters. The monoisotopic (exact) mass is 443 g/mol. The van der Waals surface area contributed by atoms with Crippen LogP contribution in [0.1, 0.15) is 38.3 Å². The summed E-state index contributed by atoms with van der Waals surface area (Å²) in [6.07, 6.45) is 0.996. The van der Waals surface area contributed by atoms with E-state index >= 15 is 0 Å². The lowest BCUT2D eigenvalue weighted by atomic mass is 10.0. The molecule has 2 aromatic rings. The molecule has 0 aromatic heterocycles. The maximum atomic E-state index is 13.2. The van der Waals surface area contributed by atoms with Gasteiger partial charge in [-0.05, 0) is 44.5 Å². The Kier molecular flexibility index (Phi) is 7.33. The molecule has 0 bridgehead atoms. The minimum Gasteiger partial charge on any atom is -0.493 e. The largest absolute Gasteiger partial charge is 0.493 e. The van der Waals surface area contributed by atoms with Crippen LogP contribution in [0.5, 0.6) is 11.5 Å². The molecule has 0 fully saturated rings. The van der Waals surface area contributed by atoms with Gasteiger partial charge in [0.15, 0.2) is 11.5 Å². The zero-order valence-electron chi connectivity index (χ0n) is 15.5. The first kappa shape index (κ1) is 21.0. The summed E-state index contributed by atoms with van der Waals surface area (Å²) < 4.78 is 25.7. The van der Waals surface area contributed by atoms with Gasteiger partial charge in [-0.3, -0.25) is 0 Å². The molecular weight excluding hydrogens is 421 g/mol. The van der Waals surface area contributed by atoms with Crippen molar-refractivity contribution in [1.82, 2.24) is 5.32 Å². The average Bonchev–Trinajstić information content (AvgIpc) is 2.60. The number of benzene rings is 2. The van der Waals surface area contributed by atoms with Crippen molar-refractivity contribution in [3.05, 3.63) is 56.8 Å². The lowest BCUT2D eigenvalue weighted by Crippen LogP contribution is -2.38. The van der Waals surface area contributed by atoms with Gasteiger partial charge >= 0.3 is 0 Å². The van der Waals surface area contributed by atoms with E-state index in [2.05, 4.69) is 42.0 Å². The highest BCUT2D eigenvalue weighted by molar-refractivity contribution is 9.10. The highest BCUT2D eigenvalue weighted by Crippen LogP contribution is 2.37. The van der Waals surface area contributed by atoms with Crippen molar-refractivity contribution < 1.29 is 13.9 Å². The van der Waals surface area contributed by atoms with Gasteiger partial charge in [-0.15, -0.1) is 0 Å². The minimum absolute atomic E-state index is 0.0000512. The van der Waals surface area contributed by atoms with Gasteiger partial charge in [-0.1, -0.05) is 40.5 Å². The molecule has 0 radical (unpaired) electrons. The minimum atomic E-state index is -0.370. The molecule has 0 aliphatic rings. The van der Waals surface area contributed by atoms with E-state index in [1.807, 2.05) is 12.1 Å². The zero-order chi connectivity index (χ0) is 19.3. The van der Waals surface area contributed by atoms with Crippen molar-refractivity contribution >= 4 is 27.5 Å². The van der Waals surface area contributed by atoms with Crippen LogP contribution in [0.15, 0.2) is 34.8 Å². The van der Waals surface area contributed by atoms with Crippen molar-refractivity contribution in [2.75, 3.05) is 7.11 Å². The molecule has 0 heterocycles. The molecule has 0 aliphatic carbocycles. The number of rotatable bonds is 8. The zero-order valence-corrected chi connectivity index (χ0v) is 17.8. The van der Waals surface area contributed by atoms with E-state index in [9.17, 15) is 4.39 Å². The van der Waals surface area contributed by atoms with Gasteiger partial charge in [0, 0.05) is 27.7 Å². The normalized spacial score (nSPS) is 11.5. The molecule has 0 aliphatic heterocycles. The van der Waals surface area contributed by atoms with Gasteiger partial charge in [0.25, 0.3) is 0 Å². The second-order valence-corrected chi connectivity index (χ2v) is 7.93.